The van der Waals surface area contributed by atoms with Gasteiger partial charge in [-0.2, -0.15) is 0 Å². The molecule has 0 aliphatic heterocycles. The van der Waals surface area contributed by atoms with Crippen molar-refractivity contribution in [3.63, 3.8) is 0 Å². The van der Waals surface area contributed by atoms with Gasteiger partial charge in [0.1, 0.15) is 17.3 Å². The Morgan fingerprint density at radius 3 is 2.61 bits per heavy atom. The van der Waals surface area contributed by atoms with E-state index in [0.717, 1.165) is 14.9 Å². The Labute approximate surface area is 119 Å². The Morgan fingerprint density at radius 2 is 1.89 bits per heavy atom. The van der Waals surface area contributed by atoms with Crippen LogP contribution in [0.3, 0.4) is 0 Å². The monoisotopic (exact) mass is 357 g/mol. The van der Waals surface area contributed by atoms with Crippen LogP contribution in [-0.2, 0) is 6.42 Å². The Balaban J connectivity index is 2.31. The third kappa shape index (κ3) is 3.20. The maximum atomic E-state index is 13.2. The minimum Gasteiger partial charge on any atom is -0.456 e. The lowest BCUT2D eigenvalue weighted by Gasteiger charge is -2.12. The topological polar surface area (TPSA) is 35.2 Å². The van der Waals surface area contributed by atoms with Crippen LogP contribution in [0.15, 0.2) is 42.5 Å². The first-order chi connectivity index (χ1) is 8.70. The van der Waals surface area contributed by atoms with E-state index in [1.165, 1.54) is 12.1 Å². The molecular formula is C14H13FINO. The molecule has 0 aromatic heterocycles. The van der Waals surface area contributed by atoms with E-state index in [0.29, 0.717) is 18.7 Å². The van der Waals surface area contributed by atoms with Crippen molar-refractivity contribution in [2.24, 2.45) is 5.73 Å². The van der Waals surface area contributed by atoms with E-state index in [1.807, 2.05) is 24.3 Å². The summed E-state index contributed by atoms with van der Waals surface area (Å²) in [5.74, 6) is 1.16. The molecule has 4 heteroatoms. The van der Waals surface area contributed by atoms with E-state index in [2.05, 4.69) is 22.6 Å². The fourth-order valence-electron chi connectivity index (χ4n) is 1.64. The van der Waals surface area contributed by atoms with Crippen LogP contribution in [0, 0.1) is 9.39 Å². The number of halogens is 2. The van der Waals surface area contributed by atoms with Crippen LogP contribution in [0.25, 0.3) is 0 Å². The van der Waals surface area contributed by atoms with E-state index in [-0.39, 0.29) is 5.82 Å². The van der Waals surface area contributed by atoms with Crippen molar-refractivity contribution in [2.45, 2.75) is 6.42 Å². The molecule has 18 heavy (non-hydrogen) atoms. The van der Waals surface area contributed by atoms with Gasteiger partial charge < -0.3 is 10.5 Å². The summed E-state index contributed by atoms with van der Waals surface area (Å²) in [6, 6.07) is 12.2. The summed E-state index contributed by atoms with van der Waals surface area (Å²) >= 11 is 2.20. The average molecular weight is 357 g/mol. The first-order valence-electron chi connectivity index (χ1n) is 5.61. The summed E-state index contributed by atoms with van der Waals surface area (Å²) in [6.45, 7) is 0.464. The number of hydrogen-bond donors (Lipinski definition) is 1. The highest BCUT2D eigenvalue weighted by atomic mass is 127. The van der Waals surface area contributed by atoms with Crippen molar-refractivity contribution >= 4 is 22.6 Å². The molecule has 0 aliphatic carbocycles. The molecule has 0 bridgehead atoms. The molecule has 0 saturated carbocycles. The Hall–Kier alpha value is -1.14. The largest absolute Gasteiger partial charge is 0.456 e. The molecule has 2 nitrogen and oxygen atoms in total. The number of nitrogens with two attached hydrogens (primary N) is 1. The SMILES string of the molecule is NCCc1cc(F)ccc1Oc1ccccc1I. The molecule has 2 aromatic rings. The van der Waals surface area contributed by atoms with Gasteiger partial charge in [0.2, 0.25) is 0 Å². The Bertz CT molecular complexity index is 545. The summed E-state index contributed by atoms with van der Waals surface area (Å²) in [4.78, 5) is 0. The van der Waals surface area contributed by atoms with Crippen molar-refractivity contribution < 1.29 is 9.13 Å². The number of ether oxygens (including phenoxy) is 1. The Morgan fingerprint density at radius 1 is 1.11 bits per heavy atom. The second kappa shape index (κ2) is 6.15. The van der Waals surface area contributed by atoms with Crippen molar-refractivity contribution in [1.82, 2.24) is 0 Å². The van der Waals surface area contributed by atoms with Crippen molar-refractivity contribution in [1.29, 1.82) is 0 Å². The summed E-state index contributed by atoms with van der Waals surface area (Å²) < 4.78 is 20.0. The number of rotatable bonds is 4. The van der Waals surface area contributed by atoms with Gasteiger partial charge in [0.25, 0.3) is 0 Å². The van der Waals surface area contributed by atoms with Gasteiger partial charge in [0, 0.05) is 0 Å². The third-order valence-electron chi connectivity index (χ3n) is 2.49. The van der Waals surface area contributed by atoms with Gasteiger partial charge in [-0.1, -0.05) is 12.1 Å². The summed E-state index contributed by atoms with van der Waals surface area (Å²) in [5, 5.41) is 0. The lowest BCUT2D eigenvalue weighted by molar-refractivity contribution is 0.470. The van der Waals surface area contributed by atoms with Crippen LogP contribution in [0.2, 0.25) is 0 Å². The highest BCUT2D eigenvalue weighted by Crippen LogP contribution is 2.29. The summed E-state index contributed by atoms with van der Waals surface area (Å²) in [5.41, 5.74) is 6.31. The summed E-state index contributed by atoms with van der Waals surface area (Å²) in [7, 11) is 0. The van der Waals surface area contributed by atoms with Gasteiger partial charge in [-0.3, -0.25) is 0 Å². The normalized spacial score (nSPS) is 10.4. The zero-order valence-corrected chi connectivity index (χ0v) is 11.9. The maximum absolute atomic E-state index is 13.2. The highest BCUT2D eigenvalue weighted by molar-refractivity contribution is 14.1. The van der Waals surface area contributed by atoms with Crippen LogP contribution in [-0.4, -0.2) is 6.54 Å². The van der Waals surface area contributed by atoms with E-state index in [1.54, 1.807) is 6.07 Å². The molecule has 94 valence electrons. The highest BCUT2D eigenvalue weighted by Gasteiger charge is 2.07. The molecule has 0 heterocycles. The maximum Gasteiger partial charge on any atom is 0.140 e. The van der Waals surface area contributed by atoms with Crippen LogP contribution >= 0.6 is 22.6 Å². The van der Waals surface area contributed by atoms with Gasteiger partial charge in [0.15, 0.2) is 0 Å². The van der Waals surface area contributed by atoms with E-state index < -0.39 is 0 Å². The first kappa shape index (κ1) is 13.3. The molecule has 0 fully saturated rings. The van der Waals surface area contributed by atoms with E-state index >= 15 is 0 Å². The lowest BCUT2D eigenvalue weighted by Crippen LogP contribution is -2.04. The molecule has 0 unspecified atom stereocenters. The molecule has 2 N–H and O–H groups in total. The molecule has 2 aromatic carbocycles. The Kier molecular flexibility index (Phi) is 4.54. The fourth-order valence-corrected chi connectivity index (χ4v) is 2.14. The van der Waals surface area contributed by atoms with Crippen LogP contribution in [0.5, 0.6) is 11.5 Å². The molecule has 0 saturated heterocycles. The zero-order chi connectivity index (χ0) is 13.0. The summed E-state index contributed by atoms with van der Waals surface area (Å²) in [6.07, 6.45) is 0.594. The van der Waals surface area contributed by atoms with Crippen molar-refractivity contribution in [2.75, 3.05) is 6.54 Å². The van der Waals surface area contributed by atoms with Gasteiger partial charge in [-0.05, 0) is 71.5 Å². The lowest BCUT2D eigenvalue weighted by atomic mass is 10.1. The molecule has 0 spiro atoms. The van der Waals surface area contributed by atoms with Crippen LogP contribution in [0.1, 0.15) is 5.56 Å². The molecule has 0 aliphatic rings. The molecule has 2 rings (SSSR count). The van der Waals surface area contributed by atoms with Gasteiger partial charge in [-0.15, -0.1) is 0 Å². The predicted molar refractivity (Wildman–Crippen MR) is 78.4 cm³/mol. The minimum absolute atomic E-state index is 0.270. The van der Waals surface area contributed by atoms with Gasteiger partial charge in [-0.25, -0.2) is 4.39 Å². The number of hydrogen-bond acceptors (Lipinski definition) is 2. The minimum atomic E-state index is -0.270. The molecule has 0 atom stereocenters. The van der Waals surface area contributed by atoms with Crippen molar-refractivity contribution in [3.05, 3.63) is 57.4 Å². The number of benzene rings is 2. The molecule has 0 radical (unpaired) electrons. The zero-order valence-electron chi connectivity index (χ0n) is 9.70. The van der Waals surface area contributed by atoms with E-state index in [4.69, 9.17) is 10.5 Å². The van der Waals surface area contributed by atoms with E-state index in [9.17, 15) is 4.39 Å². The number of para-hydroxylation sites is 1. The second-order valence-corrected chi connectivity index (χ2v) is 4.99. The third-order valence-corrected chi connectivity index (χ3v) is 3.38. The smallest absolute Gasteiger partial charge is 0.140 e. The average Bonchev–Trinajstić information content (AvgIpc) is 2.35. The van der Waals surface area contributed by atoms with Gasteiger partial charge in [0.05, 0.1) is 3.57 Å². The predicted octanol–water partition coefficient (Wildman–Crippen LogP) is 3.72. The second-order valence-electron chi connectivity index (χ2n) is 3.82. The molecule has 0 amide bonds. The molecular weight excluding hydrogens is 344 g/mol. The fraction of sp³-hybridized carbons (Fsp3) is 0.143. The van der Waals surface area contributed by atoms with Gasteiger partial charge >= 0.3 is 0 Å². The first-order valence-corrected chi connectivity index (χ1v) is 6.69. The van der Waals surface area contributed by atoms with Crippen LogP contribution in [0.4, 0.5) is 4.39 Å². The quantitative estimate of drug-likeness (QED) is 0.847. The van der Waals surface area contributed by atoms with Crippen LogP contribution < -0.4 is 10.5 Å². The van der Waals surface area contributed by atoms with Crippen molar-refractivity contribution in [3.8, 4) is 11.5 Å². The standard InChI is InChI=1S/C14H13FINO/c15-11-5-6-13(10(9-11)7-8-17)18-14-4-2-1-3-12(14)16/h1-6,9H,7-8,17H2.